The van der Waals surface area contributed by atoms with Crippen molar-refractivity contribution in [2.75, 3.05) is 19.8 Å². The van der Waals surface area contributed by atoms with Gasteiger partial charge in [-0.15, -0.1) is 5.10 Å². The van der Waals surface area contributed by atoms with Crippen LogP contribution >= 0.6 is 0 Å². The molecule has 1 aromatic rings. The number of hydrogen-bond acceptors (Lipinski definition) is 10. The van der Waals surface area contributed by atoms with Crippen molar-refractivity contribution in [3.8, 4) is 0 Å². The summed E-state index contributed by atoms with van der Waals surface area (Å²) in [6, 6.07) is -1.66. The van der Waals surface area contributed by atoms with Gasteiger partial charge in [-0.25, -0.2) is 9.48 Å². The van der Waals surface area contributed by atoms with Gasteiger partial charge in [-0.2, -0.15) is 0 Å². The van der Waals surface area contributed by atoms with Crippen LogP contribution in [0.1, 0.15) is 89.8 Å². The molecule has 2 saturated heterocycles. The number of nitrogens with zero attached hydrogens (tertiary/aromatic N) is 4. The molecule has 2 aliphatic heterocycles. The first-order chi connectivity index (χ1) is 20.3. The number of nitrogens with two attached hydrogens (primary N) is 2. The van der Waals surface area contributed by atoms with Crippen molar-refractivity contribution < 1.29 is 38.9 Å². The second kappa shape index (κ2) is 13.6. The molecule has 240 valence electrons. The fourth-order valence-corrected chi connectivity index (χ4v) is 6.72. The van der Waals surface area contributed by atoms with Crippen LogP contribution in [0.4, 0.5) is 4.79 Å². The Hall–Kier alpha value is -3.30. The SMILES string of the molecule is CC(C)(O)c1cnnn1[C@H]1C[C@@H](C(=O)NC2(C(O)C(N)=O)CCCOCC2)N(C(=O)C(CC2CCCCC2)OC(N)=O)C1. The number of carbonyl (C=O) groups excluding carboxylic acids is 4. The third-order valence-corrected chi connectivity index (χ3v) is 8.99. The van der Waals surface area contributed by atoms with Crippen molar-refractivity contribution in [3.05, 3.63) is 11.9 Å². The minimum atomic E-state index is -1.69. The zero-order valence-electron chi connectivity index (χ0n) is 24.9. The van der Waals surface area contributed by atoms with Crippen LogP contribution < -0.4 is 16.8 Å². The van der Waals surface area contributed by atoms with Gasteiger partial charge in [0.05, 0.1) is 23.5 Å². The van der Waals surface area contributed by atoms with E-state index in [2.05, 4.69) is 15.6 Å². The maximum Gasteiger partial charge on any atom is 0.405 e. The highest BCUT2D eigenvalue weighted by molar-refractivity contribution is 5.92. The van der Waals surface area contributed by atoms with Gasteiger partial charge in [-0.05, 0) is 45.4 Å². The molecule has 1 aromatic heterocycles. The minimum Gasteiger partial charge on any atom is -0.436 e. The maximum absolute atomic E-state index is 14.1. The molecule has 3 fully saturated rings. The monoisotopic (exact) mass is 607 g/mol. The summed E-state index contributed by atoms with van der Waals surface area (Å²) >= 11 is 0. The zero-order chi connectivity index (χ0) is 31.4. The molecule has 3 aliphatic rings. The summed E-state index contributed by atoms with van der Waals surface area (Å²) in [4.78, 5) is 53.5. The normalized spacial score (nSPS) is 26.7. The molecule has 3 heterocycles. The number of ether oxygens (including phenoxy) is 2. The van der Waals surface area contributed by atoms with Crippen molar-refractivity contribution in [1.82, 2.24) is 25.2 Å². The maximum atomic E-state index is 14.1. The topological polar surface area (TPSA) is 225 Å². The molecular weight excluding hydrogens is 562 g/mol. The van der Waals surface area contributed by atoms with Gasteiger partial charge in [0.15, 0.2) is 12.2 Å². The van der Waals surface area contributed by atoms with E-state index in [-0.39, 0.29) is 44.8 Å². The Morgan fingerprint density at radius 1 is 1.16 bits per heavy atom. The number of aliphatic hydroxyl groups is 2. The largest absolute Gasteiger partial charge is 0.436 e. The van der Waals surface area contributed by atoms with Gasteiger partial charge in [0, 0.05) is 26.2 Å². The molecule has 3 unspecified atom stereocenters. The summed E-state index contributed by atoms with van der Waals surface area (Å²) in [7, 11) is 0. The van der Waals surface area contributed by atoms with E-state index in [4.69, 9.17) is 20.9 Å². The first-order valence-electron chi connectivity index (χ1n) is 15.1. The third kappa shape index (κ3) is 7.62. The van der Waals surface area contributed by atoms with Crippen LogP contribution in [0.5, 0.6) is 0 Å². The summed E-state index contributed by atoms with van der Waals surface area (Å²) in [6.45, 7) is 3.73. The van der Waals surface area contributed by atoms with Gasteiger partial charge in [-0.3, -0.25) is 14.4 Å². The lowest BCUT2D eigenvalue weighted by Gasteiger charge is -2.38. The molecule has 5 atom stereocenters. The number of nitrogens with one attached hydrogen (secondary N) is 1. The number of primary amides is 2. The Kier molecular flexibility index (Phi) is 10.3. The van der Waals surface area contributed by atoms with Crippen LogP contribution in [0, 0.1) is 5.92 Å². The van der Waals surface area contributed by atoms with Gasteiger partial charge in [0.1, 0.15) is 11.6 Å². The number of rotatable bonds is 10. The Morgan fingerprint density at radius 2 is 1.88 bits per heavy atom. The smallest absolute Gasteiger partial charge is 0.405 e. The predicted molar refractivity (Wildman–Crippen MR) is 151 cm³/mol. The summed E-state index contributed by atoms with van der Waals surface area (Å²) in [5.74, 6) is -2.02. The average Bonchev–Trinajstić information content (AvgIpc) is 3.56. The minimum absolute atomic E-state index is 0.00112. The Labute approximate surface area is 250 Å². The molecule has 0 spiro atoms. The second-order valence-corrected chi connectivity index (χ2v) is 12.6. The molecule has 4 amide bonds. The quantitative estimate of drug-likeness (QED) is 0.239. The fourth-order valence-electron chi connectivity index (χ4n) is 6.72. The molecule has 0 radical (unpaired) electrons. The van der Waals surface area contributed by atoms with E-state index < -0.39 is 59.2 Å². The first kappa shape index (κ1) is 32.6. The summed E-state index contributed by atoms with van der Waals surface area (Å²) in [6.07, 6.45) is 3.54. The number of hydrogen-bond donors (Lipinski definition) is 5. The lowest BCUT2D eigenvalue weighted by molar-refractivity contribution is -0.147. The van der Waals surface area contributed by atoms with Gasteiger partial charge >= 0.3 is 6.09 Å². The van der Waals surface area contributed by atoms with Crippen LogP contribution in [0.3, 0.4) is 0 Å². The molecule has 43 heavy (non-hydrogen) atoms. The Bertz CT molecular complexity index is 1150. The standard InChI is InChI=1S/C28H45N7O8/c1-27(2,41)21-15-31-33-35(21)18-14-19(24(38)32-28(22(36)23(29)37)9-6-11-42-12-10-28)34(16-18)25(39)20(43-26(30)40)13-17-7-4-3-5-8-17/h15,17-20,22,36,41H,3-14,16H2,1-2H3,(H2,29,37)(H2,30,40)(H,32,38)/t18-,19-,20?,22?,28?/m0/s1. The van der Waals surface area contributed by atoms with E-state index in [9.17, 15) is 29.4 Å². The molecule has 0 bridgehead atoms. The van der Waals surface area contributed by atoms with Crippen molar-refractivity contribution in [1.29, 1.82) is 0 Å². The van der Waals surface area contributed by atoms with E-state index in [0.717, 1.165) is 32.1 Å². The average molecular weight is 608 g/mol. The van der Waals surface area contributed by atoms with Crippen molar-refractivity contribution >= 4 is 23.8 Å². The van der Waals surface area contributed by atoms with Crippen molar-refractivity contribution in [2.24, 2.45) is 17.4 Å². The lowest BCUT2D eigenvalue weighted by Crippen LogP contribution is -2.63. The summed E-state index contributed by atoms with van der Waals surface area (Å²) < 4.78 is 12.3. The summed E-state index contributed by atoms with van der Waals surface area (Å²) in [5, 5.41) is 32.5. The number of aliphatic hydroxyl groups excluding tert-OH is 1. The highest BCUT2D eigenvalue weighted by Gasteiger charge is 2.49. The Morgan fingerprint density at radius 3 is 2.53 bits per heavy atom. The highest BCUT2D eigenvalue weighted by Crippen LogP contribution is 2.35. The number of likely N-dealkylation sites (tertiary alicyclic amines) is 1. The van der Waals surface area contributed by atoms with Crippen LogP contribution in [-0.4, -0.2) is 97.5 Å². The number of amides is 4. The van der Waals surface area contributed by atoms with Gasteiger partial charge in [0.25, 0.3) is 5.91 Å². The second-order valence-electron chi connectivity index (χ2n) is 12.6. The molecular formula is C28H45N7O8. The zero-order valence-corrected chi connectivity index (χ0v) is 24.9. The molecule has 4 rings (SSSR count). The Balaban J connectivity index is 1.67. The van der Waals surface area contributed by atoms with E-state index >= 15 is 0 Å². The van der Waals surface area contributed by atoms with E-state index in [1.807, 2.05) is 0 Å². The predicted octanol–water partition coefficient (Wildman–Crippen LogP) is -0.0165. The highest BCUT2D eigenvalue weighted by atomic mass is 16.6. The van der Waals surface area contributed by atoms with Crippen LogP contribution in [0.2, 0.25) is 0 Å². The molecule has 1 saturated carbocycles. The molecule has 0 aromatic carbocycles. The van der Waals surface area contributed by atoms with Gasteiger partial charge in [0.2, 0.25) is 11.8 Å². The van der Waals surface area contributed by atoms with Crippen molar-refractivity contribution in [3.63, 3.8) is 0 Å². The van der Waals surface area contributed by atoms with Gasteiger partial charge < -0.3 is 41.4 Å². The number of carbonyl (C=O) groups is 4. The number of aromatic nitrogens is 3. The van der Waals surface area contributed by atoms with Crippen LogP contribution in [0.25, 0.3) is 0 Å². The molecule has 15 heteroatoms. The van der Waals surface area contributed by atoms with E-state index in [1.54, 1.807) is 13.8 Å². The van der Waals surface area contributed by atoms with Crippen molar-refractivity contribution in [2.45, 2.75) is 113 Å². The first-order valence-corrected chi connectivity index (χ1v) is 15.1. The van der Waals surface area contributed by atoms with Gasteiger partial charge in [-0.1, -0.05) is 37.3 Å². The third-order valence-electron chi connectivity index (χ3n) is 8.99. The van der Waals surface area contributed by atoms with E-state index in [1.165, 1.54) is 15.8 Å². The molecule has 1 aliphatic carbocycles. The lowest BCUT2D eigenvalue weighted by atomic mass is 9.83. The molecule has 15 nitrogen and oxygen atoms in total. The molecule has 7 N–H and O–H groups in total. The van der Waals surface area contributed by atoms with Crippen LogP contribution in [0.15, 0.2) is 6.20 Å². The fraction of sp³-hybridized carbons (Fsp3) is 0.786. The van der Waals surface area contributed by atoms with E-state index in [0.29, 0.717) is 18.7 Å². The summed E-state index contributed by atoms with van der Waals surface area (Å²) in [5.41, 5.74) is 8.53. The van der Waals surface area contributed by atoms with Crippen LogP contribution in [-0.2, 0) is 29.5 Å².